The van der Waals surface area contributed by atoms with Gasteiger partial charge in [0.05, 0.1) is 22.3 Å². The molecule has 1 aromatic heterocycles. The van der Waals surface area contributed by atoms with Gasteiger partial charge in [0.1, 0.15) is 0 Å². The molecule has 140 valence electrons. The van der Waals surface area contributed by atoms with Gasteiger partial charge in [0.2, 0.25) is 0 Å². The number of aryl methyl sites for hydroxylation is 2. The highest BCUT2D eigenvalue weighted by Crippen LogP contribution is 2.33. The van der Waals surface area contributed by atoms with Crippen molar-refractivity contribution in [1.82, 2.24) is 4.98 Å². The highest BCUT2D eigenvalue weighted by molar-refractivity contribution is 14.1. The Labute approximate surface area is 182 Å². The standard InChI is InChI=1S/C23H19IN2OS/c1-15-12-20-21(13-16(15)2)28-23(25-20)26(14-17-8-4-3-5-9-17)22(27)18-10-6-7-11-19(18)24/h3-13H,14H2,1-2H3. The van der Waals surface area contributed by atoms with E-state index in [0.29, 0.717) is 12.1 Å². The Hall–Kier alpha value is -2.25. The minimum absolute atomic E-state index is 0.0265. The topological polar surface area (TPSA) is 33.2 Å². The monoisotopic (exact) mass is 498 g/mol. The number of hydrogen-bond acceptors (Lipinski definition) is 3. The molecule has 0 bridgehead atoms. The molecule has 0 saturated carbocycles. The maximum absolute atomic E-state index is 13.5. The number of carbonyl (C=O) groups is 1. The first kappa shape index (κ1) is 19.1. The van der Waals surface area contributed by atoms with E-state index < -0.39 is 0 Å². The van der Waals surface area contributed by atoms with E-state index in [0.717, 1.165) is 24.5 Å². The molecule has 1 amide bonds. The second-order valence-electron chi connectivity index (χ2n) is 6.76. The molecule has 0 N–H and O–H groups in total. The van der Waals surface area contributed by atoms with Crippen molar-refractivity contribution in [1.29, 1.82) is 0 Å². The molecule has 4 rings (SSSR count). The first-order valence-electron chi connectivity index (χ1n) is 9.01. The van der Waals surface area contributed by atoms with E-state index in [1.165, 1.54) is 11.1 Å². The molecule has 0 aliphatic rings. The summed E-state index contributed by atoms with van der Waals surface area (Å²) < 4.78 is 2.04. The van der Waals surface area contributed by atoms with E-state index in [9.17, 15) is 4.79 Å². The summed E-state index contributed by atoms with van der Waals surface area (Å²) in [5, 5.41) is 0.730. The van der Waals surface area contributed by atoms with Crippen LogP contribution < -0.4 is 4.90 Å². The van der Waals surface area contributed by atoms with Crippen LogP contribution in [0.25, 0.3) is 10.2 Å². The number of fused-ring (bicyclic) bond motifs is 1. The summed E-state index contributed by atoms with van der Waals surface area (Å²) in [6.07, 6.45) is 0. The maximum atomic E-state index is 13.5. The lowest BCUT2D eigenvalue weighted by molar-refractivity contribution is 0.0984. The van der Waals surface area contributed by atoms with E-state index in [2.05, 4.69) is 48.6 Å². The van der Waals surface area contributed by atoms with Gasteiger partial charge in [0.25, 0.3) is 5.91 Å². The fourth-order valence-electron chi connectivity index (χ4n) is 3.06. The molecule has 0 fully saturated rings. The average Bonchev–Trinajstić information content (AvgIpc) is 3.09. The lowest BCUT2D eigenvalue weighted by Gasteiger charge is -2.20. The van der Waals surface area contributed by atoms with Crippen molar-refractivity contribution in [3.05, 3.63) is 92.6 Å². The number of halogens is 1. The summed E-state index contributed by atoms with van der Waals surface area (Å²) in [5.74, 6) is -0.0265. The van der Waals surface area contributed by atoms with Crippen molar-refractivity contribution in [2.24, 2.45) is 0 Å². The average molecular weight is 498 g/mol. The smallest absolute Gasteiger partial charge is 0.261 e. The third kappa shape index (κ3) is 3.82. The number of amides is 1. The van der Waals surface area contributed by atoms with E-state index >= 15 is 0 Å². The molecular formula is C23H19IN2OS. The number of nitrogens with zero attached hydrogens (tertiary/aromatic N) is 2. The molecule has 4 aromatic rings. The van der Waals surface area contributed by atoms with Crippen LogP contribution in [-0.4, -0.2) is 10.9 Å². The van der Waals surface area contributed by atoms with Gasteiger partial charge in [-0.3, -0.25) is 9.69 Å². The molecule has 0 spiro atoms. The largest absolute Gasteiger partial charge is 0.279 e. The molecule has 3 nitrogen and oxygen atoms in total. The van der Waals surface area contributed by atoms with Crippen LogP contribution in [-0.2, 0) is 6.54 Å². The highest BCUT2D eigenvalue weighted by atomic mass is 127. The molecule has 0 radical (unpaired) electrons. The van der Waals surface area contributed by atoms with Crippen LogP contribution >= 0.6 is 33.9 Å². The minimum Gasteiger partial charge on any atom is -0.279 e. The van der Waals surface area contributed by atoms with Gasteiger partial charge in [-0.1, -0.05) is 53.8 Å². The number of thiazole rings is 1. The Bertz CT molecular complexity index is 1110. The molecule has 3 aromatic carbocycles. The number of aromatic nitrogens is 1. The van der Waals surface area contributed by atoms with Gasteiger partial charge in [-0.15, -0.1) is 0 Å². The molecule has 0 unspecified atom stereocenters. The molecular weight excluding hydrogens is 479 g/mol. The summed E-state index contributed by atoms with van der Waals surface area (Å²) in [7, 11) is 0. The summed E-state index contributed by atoms with van der Waals surface area (Å²) in [4.78, 5) is 20.1. The molecule has 0 saturated heterocycles. The Kier molecular flexibility index (Phi) is 5.46. The van der Waals surface area contributed by atoms with E-state index in [1.807, 2.05) is 54.6 Å². The zero-order valence-electron chi connectivity index (χ0n) is 15.6. The van der Waals surface area contributed by atoms with Gasteiger partial charge < -0.3 is 0 Å². The second kappa shape index (κ2) is 8.01. The highest BCUT2D eigenvalue weighted by Gasteiger charge is 2.23. The van der Waals surface area contributed by atoms with Crippen LogP contribution in [0.1, 0.15) is 27.0 Å². The third-order valence-corrected chi connectivity index (χ3v) is 6.74. The van der Waals surface area contributed by atoms with Crippen LogP contribution in [0, 0.1) is 17.4 Å². The van der Waals surface area contributed by atoms with Gasteiger partial charge in [0, 0.05) is 3.57 Å². The Morgan fingerprint density at radius 2 is 1.68 bits per heavy atom. The van der Waals surface area contributed by atoms with E-state index in [-0.39, 0.29) is 5.91 Å². The van der Waals surface area contributed by atoms with Crippen LogP contribution in [0.3, 0.4) is 0 Å². The number of anilines is 1. The molecule has 5 heteroatoms. The summed E-state index contributed by atoms with van der Waals surface area (Å²) in [5.41, 5.74) is 5.17. The Morgan fingerprint density at radius 3 is 2.43 bits per heavy atom. The fraction of sp³-hybridized carbons (Fsp3) is 0.130. The van der Waals surface area contributed by atoms with Crippen molar-refractivity contribution in [3.8, 4) is 0 Å². The summed E-state index contributed by atoms with van der Waals surface area (Å²) in [6.45, 7) is 4.68. The quantitative estimate of drug-likeness (QED) is 0.307. The van der Waals surface area contributed by atoms with Crippen LogP contribution in [0.5, 0.6) is 0 Å². The lowest BCUT2D eigenvalue weighted by Crippen LogP contribution is -2.30. The van der Waals surface area contributed by atoms with Crippen molar-refractivity contribution >= 4 is 55.2 Å². The first-order valence-corrected chi connectivity index (χ1v) is 10.9. The number of rotatable bonds is 4. The lowest BCUT2D eigenvalue weighted by atomic mass is 10.1. The second-order valence-corrected chi connectivity index (χ2v) is 8.93. The zero-order valence-corrected chi connectivity index (χ0v) is 18.6. The minimum atomic E-state index is -0.0265. The predicted molar refractivity (Wildman–Crippen MR) is 125 cm³/mol. The zero-order chi connectivity index (χ0) is 19.7. The van der Waals surface area contributed by atoms with Crippen molar-refractivity contribution in [2.45, 2.75) is 20.4 Å². The molecule has 0 atom stereocenters. The van der Waals surface area contributed by atoms with Gasteiger partial charge in [-0.05, 0) is 77.4 Å². The van der Waals surface area contributed by atoms with Gasteiger partial charge in [-0.25, -0.2) is 4.98 Å². The first-order chi connectivity index (χ1) is 13.5. The van der Waals surface area contributed by atoms with Gasteiger partial charge >= 0.3 is 0 Å². The molecule has 0 aliphatic heterocycles. The normalized spacial score (nSPS) is 11.0. The van der Waals surface area contributed by atoms with Gasteiger partial charge in [0.15, 0.2) is 5.13 Å². The molecule has 0 aliphatic carbocycles. The number of benzene rings is 3. The van der Waals surface area contributed by atoms with Gasteiger partial charge in [-0.2, -0.15) is 0 Å². The summed E-state index contributed by atoms with van der Waals surface area (Å²) in [6, 6.07) is 22.0. The van der Waals surface area contributed by atoms with E-state index in [1.54, 1.807) is 16.2 Å². The number of hydrogen-bond donors (Lipinski definition) is 0. The van der Waals surface area contributed by atoms with Crippen LogP contribution in [0.4, 0.5) is 5.13 Å². The summed E-state index contributed by atoms with van der Waals surface area (Å²) >= 11 is 3.79. The Balaban J connectivity index is 1.81. The van der Waals surface area contributed by atoms with Crippen molar-refractivity contribution in [3.63, 3.8) is 0 Å². The maximum Gasteiger partial charge on any atom is 0.261 e. The fourth-order valence-corrected chi connectivity index (χ4v) is 4.72. The van der Waals surface area contributed by atoms with Crippen molar-refractivity contribution in [2.75, 3.05) is 4.90 Å². The SMILES string of the molecule is Cc1cc2nc(N(Cc3ccccc3)C(=O)c3ccccc3I)sc2cc1C. The third-order valence-electron chi connectivity index (χ3n) is 4.76. The van der Waals surface area contributed by atoms with Crippen molar-refractivity contribution < 1.29 is 4.79 Å². The number of carbonyl (C=O) groups excluding carboxylic acids is 1. The predicted octanol–water partition coefficient (Wildman–Crippen LogP) is 6.36. The van der Waals surface area contributed by atoms with Crippen LogP contribution in [0.2, 0.25) is 0 Å². The molecule has 28 heavy (non-hydrogen) atoms. The van der Waals surface area contributed by atoms with Crippen LogP contribution in [0.15, 0.2) is 66.7 Å². The van der Waals surface area contributed by atoms with E-state index in [4.69, 9.17) is 4.98 Å². The Morgan fingerprint density at radius 1 is 1.00 bits per heavy atom. The molecule has 1 heterocycles.